The van der Waals surface area contributed by atoms with Crippen LogP contribution in [0.25, 0.3) is 0 Å². The van der Waals surface area contributed by atoms with Gasteiger partial charge in [-0.25, -0.2) is 0 Å². The van der Waals surface area contributed by atoms with Crippen LogP contribution in [0.3, 0.4) is 0 Å². The van der Waals surface area contributed by atoms with Gasteiger partial charge in [-0.2, -0.15) is 0 Å². The molecule has 1 N–H and O–H groups in total. The largest absolute Gasteiger partial charge is 0.481 e. The quantitative estimate of drug-likeness (QED) is 0.854. The molecule has 2 unspecified atom stereocenters. The van der Waals surface area contributed by atoms with Gasteiger partial charge in [-0.1, -0.05) is 26.7 Å². The van der Waals surface area contributed by atoms with E-state index >= 15 is 0 Å². The van der Waals surface area contributed by atoms with Crippen molar-refractivity contribution < 1.29 is 14.7 Å². The Bertz CT molecular complexity index is 372. The predicted molar refractivity (Wildman–Crippen MR) is 72.7 cm³/mol. The summed E-state index contributed by atoms with van der Waals surface area (Å²) < 4.78 is 0. The monoisotopic (exact) mass is 267 g/mol. The maximum atomic E-state index is 12.8. The van der Waals surface area contributed by atoms with Gasteiger partial charge in [0.15, 0.2) is 0 Å². The first-order chi connectivity index (χ1) is 8.85. The molecule has 4 heteroatoms. The van der Waals surface area contributed by atoms with Gasteiger partial charge < -0.3 is 10.0 Å². The number of hydrogen-bond acceptors (Lipinski definition) is 2. The van der Waals surface area contributed by atoms with Crippen LogP contribution in [0.4, 0.5) is 0 Å². The van der Waals surface area contributed by atoms with Crippen molar-refractivity contribution in [3.8, 4) is 0 Å². The molecule has 0 radical (unpaired) electrons. The molecule has 2 aliphatic rings. The molecule has 1 saturated carbocycles. The van der Waals surface area contributed by atoms with E-state index in [-0.39, 0.29) is 17.4 Å². The second-order valence-electron chi connectivity index (χ2n) is 6.68. The summed E-state index contributed by atoms with van der Waals surface area (Å²) in [6.45, 7) is 6.53. The second-order valence-corrected chi connectivity index (χ2v) is 6.68. The van der Waals surface area contributed by atoms with Crippen LogP contribution in [0.1, 0.15) is 52.9 Å². The first kappa shape index (κ1) is 14.4. The number of carbonyl (C=O) groups excluding carboxylic acids is 1. The number of rotatable bonds is 3. The Morgan fingerprint density at radius 2 is 1.74 bits per heavy atom. The maximum absolute atomic E-state index is 12.8. The van der Waals surface area contributed by atoms with Gasteiger partial charge >= 0.3 is 5.97 Å². The maximum Gasteiger partial charge on any atom is 0.308 e. The number of nitrogens with zero attached hydrogens (tertiary/aromatic N) is 1. The minimum atomic E-state index is -0.776. The van der Waals surface area contributed by atoms with E-state index in [1.165, 1.54) is 12.8 Å². The fourth-order valence-electron chi connectivity index (χ4n) is 3.75. The zero-order valence-corrected chi connectivity index (χ0v) is 12.2. The fourth-order valence-corrected chi connectivity index (χ4v) is 3.75. The molecule has 2 rings (SSSR count). The van der Waals surface area contributed by atoms with Gasteiger partial charge in [0, 0.05) is 18.0 Å². The Morgan fingerprint density at radius 3 is 2.21 bits per heavy atom. The van der Waals surface area contributed by atoms with Crippen molar-refractivity contribution in [3.05, 3.63) is 0 Å². The molecule has 1 heterocycles. The van der Waals surface area contributed by atoms with Crippen molar-refractivity contribution >= 4 is 11.9 Å². The van der Waals surface area contributed by atoms with Gasteiger partial charge in [0.2, 0.25) is 5.91 Å². The summed E-state index contributed by atoms with van der Waals surface area (Å²) in [4.78, 5) is 25.7. The van der Waals surface area contributed by atoms with Crippen molar-refractivity contribution in [1.29, 1.82) is 0 Å². The Kier molecular flexibility index (Phi) is 3.88. The summed E-state index contributed by atoms with van der Waals surface area (Å²) in [5, 5.41) is 9.16. The number of hydrogen-bond donors (Lipinski definition) is 1. The molecule has 0 bridgehead atoms. The number of carboxylic acids is 1. The molecular weight excluding hydrogens is 242 g/mol. The number of likely N-dealkylation sites (tertiary alicyclic amines) is 1. The highest BCUT2D eigenvalue weighted by molar-refractivity contribution is 5.84. The van der Waals surface area contributed by atoms with Crippen LogP contribution in [0.2, 0.25) is 0 Å². The third-order valence-electron chi connectivity index (χ3n) is 5.26. The summed E-state index contributed by atoms with van der Waals surface area (Å²) >= 11 is 0. The Hall–Kier alpha value is -1.06. The summed E-state index contributed by atoms with van der Waals surface area (Å²) in [7, 11) is 0. The van der Waals surface area contributed by atoms with Crippen molar-refractivity contribution in [1.82, 2.24) is 4.90 Å². The van der Waals surface area contributed by atoms with E-state index in [2.05, 4.69) is 0 Å². The predicted octanol–water partition coefficient (Wildman–Crippen LogP) is 2.52. The van der Waals surface area contributed by atoms with Crippen LogP contribution in [0.5, 0.6) is 0 Å². The number of aliphatic carboxylic acids is 1. The smallest absolute Gasteiger partial charge is 0.308 e. The summed E-state index contributed by atoms with van der Waals surface area (Å²) in [5.41, 5.74) is -0.349. The van der Waals surface area contributed by atoms with Crippen molar-refractivity contribution in [2.75, 3.05) is 6.54 Å². The van der Waals surface area contributed by atoms with E-state index in [0.717, 1.165) is 12.8 Å². The molecule has 0 aromatic heterocycles. The Balaban J connectivity index is 2.09. The minimum Gasteiger partial charge on any atom is -0.481 e. The molecule has 1 amide bonds. The standard InChI is InChI=1S/C15H25NO3/c1-10-12(13(17)18)8-9-16(10)14(19)15(2,3)11-6-4-5-7-11/h10-12H,4-9H2,1-3H3,(H,17,18). The molecule has 19 heavy (non-hydrogen) atoms. The molecule has 108 valence electrons. The highest BCUT2D eigenvalue weighted by atomic mass is 16.4. The molecular formula is C15H25NO3. The van der Waals surface area contributed by atoms with Crippen molar-refractivity contribution in [3.63, 3.8) is 0 Å². The van der Waals surface area contributed by atoms with Crippen LogP contribution in [0.15, 0.2) is 0 Å². The molecule has 4 nitrogen and oxygen atoms in total. The molecule has 0 aromatic rings. The van der Waals surface area contributed by atoms with Gasteiger partial charge in [-0.05, 0) is 32.1 Å². The Morgan fingerprint density at radius 1 is 1.16 bits per heavy atom. The Labute approximate surface area is 115 Å². The third-order valence-corrected chi connectivity index (χ3v) is 5.26. The molecule has 1 aliphatic heterocycles. The molecule has 2 atom stereocenters. The summed E-state index contributed by atoms with van der Waals surface area (Å²) in [6, 6.07) is -0.175. The molecule has 2 fully saturated rings. The number of carbonyl (C=O) groups is 2. The molecule has 1 saturated heterocycles. The van der Waals surface area contributed by atoms with Crippen molar-refractivity contribution in [2.45, 2.75) is 58.9 Å². The van der Waals surface area contributed by atoms with Gasteiger partial charge in [0.25, 0.3) is 0 Å². The van der Waals surface area contributed by atoms with Gasteiger partial charge in [-0.3, -0.25) is 9.59 Å². The van der Waals surface area contributed by atoms with Crippen LogP contribution in [-0.2, 0) is 9.59 Å². The van der Waals surface area contributed by atoms with Crippen molar-refractivity contribution in [2.24, 2.45) is 17.3 Å². The van der Waals surface area contributed by atoms with Gasteiger partial charge in [0.05, 0.1) is 5.92 Å². The van der Waals surface area contributed by atoms with Crippen LogP contribution in [-0.4, -0.2) is 34.5 Å². The fraction of sp³-hybridized carbons (Fsp3) is 0.867. The lowest BCUT2D eigenvalue weighted by Crippen LogP contribution is -2.47. The van der Waals surface area contributed by atoms with E-state index in [4.69, 9.17) is 5.11 Å². The van der Waals surface area contributed by atoms with Crippen LogP contribution >= 0.6 is 0 Å². The molecule has 0 spiro atoms. The lowest BCUT2D eigenvalue weighted by atomic mass is 9.76. The summed E-state index contributed by atoms with van der Waals surface area (Å²) in [5.74, 6) is -0.573. The average Bonchev–Trinajstić information content (AvgIpc) is 2.96. The number of amides is 1. The minimum absolute atomic E-state index is 0.149. The van der Waals surface area contributed by atoms with Crippen LogP contribution < -0.4 is 0 Å². The first-order valence-corrected chi connectivity index (χ1v) is 7.39. The zero-order valence-electron chi connectivity index (χ0n) is 12.2. The van der Waals surface area contributed by atoms with E-state index < -0.39 is 11.9 Å². The third kappa shape index (κ3) is 2.49. The lowest BCUT2D eigenvalue weighted by molar-refractivity contribution is -0.146. The highest BCUT2D eigenvalue weighted by Crippen LogP contribution is 2.42. The van der Waals surface area contributed by atoms with Gasteiger partial charge in [0.1, 0.15) is 0 Å². The SMILES string of the molecule is CC1C(C(=O)O)CCN1C(=O)C(C)(C)C1CCCC1. The second kappa shape index (κ2) is 5.14. The average molecular weight is 267 g/mol. The van der Waals surface area contributed by atoms with E-state index in [0.29, 0.717) is 18.9 Å². The van der Waals surface area contributed by atoms with E-state index in [1.54, 1.807) is 4.90 Å². The number of carboxylic acid groups (broad SMARTS) is 1. The lowest BCUT2D eigenvalue weighted by Gasteiger charge is -2.36. The topological polar surface area (TPSA) is 57.6 Å². The first-order valence-electron chi connectivity index (χ1n) is 7.39. The zero-order chi connectivity index (χ0) is 14.2. The molecule has 1 aliphatic carbocycles. The van der Waals surface area contributed by atoms with E-state index in [9.17, 15) is 9.59 Å². The molecule has 0 aromatic carbocycles. The van der Waals surface area contributed by atoms with Crippen LogP contribution in [0, 0.1) is 17.3 Å². The van der Waals surface area contributed by atoms with Gasteiger partial charge in [-0.15, -0.1) is 0 Å². The normalized spacial score (nSPS) is 28.9. The van der Waals surface area contributed by atoms with E-state index in [1.807, 2.05) is 20.8 Å². The highest BCUT2D eigenvalue weighted by Gasteiger charge is 2.46. The summed E-state index contributed by atoms with van der Waals surface area (Å²) in [6.07, 6.45) is 5.28.